The van der Waals surface area contributed by atoms with E-state index in [0.29, 0.717) is 59.1 Å². The maximum atomic E-state index is 12.8. The zero-order valence-electron chi connectivity index (χ0n) is 16.7. The number of nitrogens with one attached hydrogen (secondary N) is 1. The number of aromatic nitrogens is 1. The van der Waals surface area contributed by atoms with Crippen molar-refractivity contribution in [1.82, 2.24) is 5.16 Å². The Hall–Kier alpha value is -3.19. The summed E-state index contributed by atoms with van der Waals surface area (Å²) >= 11 is 6.32. The summed E-state index contributed by atoms with van der Waals surface area (Å²) in [6.07, 6.45) is 0.786. The van der Waals surface area contributed by atoms with Crippen LogP contribution in [0.2, 0.25) is 5.02 Å². The lowest BCUT2D eigenvalue weighted by molar-refractivity contribution is 0.102. The first-order valence-electron chi connectivity index (χ1n) is 9.56. The highest BCUT2D eigenvalue weighted by Crippen LogP contribution is 2.37. The molecule has 0 atom stereocenters. The van der Waals surface area contributed by atoms with Crippen LogP contribution in [0.5, 0.6) is 17.2 Å². The molecule has 0 saturated carbocycles. The number of fused-ring (bicyclic) bond motifs is 1. The third-order valence-corrected chi connectivity index (χ3v) is 5.06. The van der Waals surface area contributed by atoms with Gasteiger partial charge in [0.05, 0.1) is 35.2 Å². The molecule has 0 radical (unpaired) electrons. The molecule has 0 spiro atoms. The molecule has 2 heterocycles. The summed E-state index contributed by atoms with van der Waals surface area (Å²) in [5, 5.41) is 7.11. The maximum absolute atomic E-state index is 12.8. The van der Waals surface area contributed by atoms with Crippen molar-refractivity contribution in [1.29, 1.82) is 0 Å². The van der Waals surface area contributed by atoms with Crippen molar-refractivity contribution >= 4 is 23.2 Å². The Morgan fingerprint density at radius 3 is 2.67 bits per heavy atom. The Bertz CT molecular complexity index is 1060. The summed E-state index contributed by atoms with van der Waals surface area (Å²) in [5.41, 5.74) is 2.57. The van der Waals surface area contributed by atoms with Gasteiger partial charge in [-0.25, -0.2) is 0 Å². The SMILES string of the molecule is Cc1noc(C)c1COc1cccc(C(=O)Nc2cc3c(cc2Cl)OCCCO3)c1. The van der Waals surface area contributed by atoms with E-state index in [0.717, 1.165) is 17.7 Å². The van der Waals surface area contributed by atoms with Crippen molar-refractivity contribution < 1.29 is 23.5 Å². The molecule has 30 heavy (non-hydrogen) atoms. The van der Waals surface area contributed by atoms with Gasteiger partial charge < -0.3 is 24.1 Å². The quantitative estimate of drug-likeness (QED) is 0.619. The molecule has 2 aromatic carbocycles. The van der Waals surface area contributed by atoms with E-state index in [1.54, 1.807) is 36.4 Å². The van der Waals surface area contributed by atoms with E-state index in [1.165, 1.54) is 0 Å². The molecule has 8 heteroatoms. The Morgan fingerprint density at radius 1 is 1.17 bits per heavy atom. The number of rotatable bonds is 5. The molecule has 0 fully saturated rings. The number of hydrogen-bond acceptors (Lipinski definition) is 6. The van der Waals surface area contributed by atoms with Gasteiger partial charge in [-0.2, -0.15) is 0 Å². The number of nitrogens with zero attached hydrogens (tertiary/aromatic N) is 1. The fourth-order valence-electron chi connectivity index (χ4n) is 3.06. The van der Waals surface area contributed by atoms with Crippen LogP contribution >= 0.6 is 11.6 Å². The molecular formula is C22H21ClN2O5. The van der Waals surface area contributed by atoms with Gasteiger partial charge in [-0.1, -0.05) is 22.8 Å². The molecular weight excluding hydrogens is 408 g/mol. The topological polar surface area (TPSA) is 82.8 Å². The van der Waals surface area contributed by atoms with Crippen molar-refractivity contribution in [3.63, 3.8) is 0 Å². The van der Waals surface area contributed by atoms with Crippen LogP contribution in [0.25, 0.3) is 0 Å². The molecule has 4 rings (SSSR count). The first kappa shape index (κ1) is 20.1. The van der Waals surface area contributed by atoms with Crippen LogP contribution in [0.4, 0.5) is 5.69 Å². The molecule has 1 amide bonds. The Morgan fingerprint density at radius 2 is 1.93 bits per heavy atom. The van der Waals surface area contributed by atoms with Gasteiger partial charge in [0.1, 0.15) is 18.1 Å². The number of ether oxygens (including phenoxy) is 3. The van der Waals surface area contributed by atoms with Crippen LogP contribution in [0, 0.1) is 13.8 Å². The van der Waals surface area contributed by atoms with E-state index in [9.17, 15) is 4.79 Å². The number of carbonyl (C=O) groups is 1. The summed E-state index contributed by atoms with van der Waals surface area (Å²) in [5.74, 6) is 2.10. The number of carbonyl (C=O) groups excluding carboxylic acids is 1. The number of halogens is 1. The van der Waals surface area contributed by atoms with Crippen LogP contribution in [-0.4, -0.2) is 24.3 Å². The predicted molar refractivity (Wildman–Crippen MR) is 112 cm³/mol. The molecule has 1 aromatic heterocycles. The first-order chi connectivity index (χ1) is 14.5. The van der Waals surface area contributed by atoms with Gasteiger partial charge in [-0.05, 0) is 32.0 Å². The standard InChI is InChI=1S/C22H21ClN2O5/c1-13-17(14(2)30-25-13)12-29-16-6-3-5-15(9-16)22(26)24-19-11-21-20(10-18(19)23)27-7-4-8-28-21/h3,5-6,9-11H,4,7-8,12H2,1-2H3,(H,24,26). The minimum atomic E-state index is -0.311. The highest BCUT2D eigenvalue weighted by atomic mass is 35.5. The second-order valence-corrected chi connectivity index (χ2v) is 7.31. The summed E-state index contributed by atoms with van der Waals surface area (Å²) in [4.78, 5) is 12.8. The van der Waals surface area contributed by atoms with Crippen molar-refractivity contribution in [2.45, 2.75) is 26.9 Å². The minimum absolute atomic E-state index is 0.306. The van der Waals surface area contributed by atoms with Gasteiger partial charge in [0.2, 0.25) is 0 Å². The highest BCUT2D eigenvalue weighted by Gasteiger charge is 2.17. The molecule has 7 nitrogen and oxygen atoms in total. The van der Waals surface area contributed by atoms with Gasteiger partial charge >= 0.3 is 0 Å². The molecule has 0 bridgehead atoms. The number of aryl methyl sites for hydroxylation is 2. The van der Waals surface area contributed by atoms with Crippen molar-refractivity contribution in [3.05, 3.63) is 64.0 Å². The van der Waals surface area contributed by atoms with E-state index in [4.69, 9.17) is 30.3 Å². The number of amides is 1. The van der Waals surface area contributed by atoms with E-state index >= 15 is 0 Å². The summed E-state index contributed by atoms with van der Waals surface area (Å²) in [7, 11) is 0. The monoisotopic (exact) mass is 428 g/mol. The zero-order valence-corrected chi connectivity index (χ0v) is 17.4. The van der Waals surface area contributed by atoms with Crippen LogP contribution < -0.4 is 19.5 Å². The van der Waals surface area contributed by atoms with Gasteiger partial charge in [0.15, 0.2) is 11.5 Å². The Balaban J connectivity index is 1.48. The molecule has 0 aliphatic carbocycles. The fourth-order valence-corrected chi connectivity index (χ4v) is 3.27. The molecule has 1 aliphatic heterocycles. The van der Waals surface area contributed by atoms with Crippen LogP contribution in [0.1, 0.15) is 33.8 Å². The summed E-state index contributed by atoms with van der Waals surface area (Å²) in [6.45, 7) is 5.11. The molecule has 0 unspecified atom stereocenters. The number of benzene rings is 2. The molecule has 1 N–H and O–H groups in total. The summed E-state index contributed by atoms with van der Waals surface area (Å²) in [6, 6.07) is 10.3. The lowest BCUT2D eigenvalue weighted by Gasteiger charge is -2.13. The Kier molecular flexibility index (Phi) is 5.81. The van der Waals surface area contributed by atoms with E-state index in [1.807, 2.05) is 13.8 Å². The van der Waals surface area contributed by atoms with E-state index < -0.39 is 0 Å². The second-order valence-electron chi connectivity index (χ2n) is 6.90. The predicted octanol–water partition coefficient (Wildman–Crippen LogP) is 4.94. The number of hydrogen-bond donors (Lipinski definition) is 1. The second kappa shape index (κ2) is 8.67. The average molecular weight is 429 g/mol. The minimum Gasteiger partial charge on any atom is -0.490 e. The summed E-state index contributed by atoms with van der Waals surface area (Å²) < 4.78 is 22.3. The van der Waals surface area contributed by atoms with Crippen molar-refractivity contribution in [3.8, 4) is 17.2 Å². The average Bonchev–Trinajstić information content (AvgIpc) is 2.91. The highest BCUT2D eigenvalue weighted by molar-refractivity contribution is 6.34. The van der Waals surface area contributed by atoms with Crippen molar-refractivity contribution in [2.24, 2.45) is 0 Å². The molecule has 3 aromatic rings. The lowest BCUT2D eigenvalue weighted by atomic mass is 10.2. The number of anilines is 1. The lowest BCUT2D eigenvalue weighted by Crippen LogP contribution is -2.12. The fraction of sp³-hybridized carbons (Fsp3) is 0.273. The maximum Gasteiger partial charge on any atom is 0.255 e. The molecule has 0 saturated heterocycles. The van der Waals surface area contributed by atoms with Crippen molar-refractivity contribution in [2.75, 3.05) is 18.5 Å². The van der Waals surface area contributed by atoms with Crippen LogP contribution in [0.3, 0.4) is 0 Å². The molecule has 1 aliphatic rings. The van der Waals surface area contributed by atoms with Gasteiger partial charge in [0, 0.05) is 24.1 Å². The van der Waals surface area contributed by atoms with E-state index in [-0.39, 0.29) is 5.91 Å². The van der Waals surface area contributed by atoms with Crippen LogP contribution in [0.15, 0.2) is 40.9 Å². The largest absolute Gasteiger partial charge is 0.490 e. The third kappa shape index (κ3) is 4.36. The van der Waals surface area contributed by atoms with Gasteiger partial charge in [-0.3, -0.25) is 4.79 Å². The Labute approximate surface area is 178 Å². The van der Waals surface area contributed by atoms with Gasteiger partial charge in [0.25, 0.3) is 5.91 Å². The van der Waals surface area contributed by atoms with Crippen LogP contribution in [-0.2, 0) is 6.61 Å². The smallest absolute Gasteiger partial charge is 0.255 e. The van der Waals surface area contributed by atoms with Gasteiger partial charge in [-0.15, -0.1) is 0 Å². The van der Waals surface area contributed by atoms with E-state index in [2.05, 4.69) is 10.5 Å². The normalized spacial score (nSPS) is 12.9. The molecule has 156 valence electrons. The third-order valence-electron chi connectivity index (χ3n) is 4.75. The zero-order chi connectivity index (χ0) is 21.1. The first-order valence-corrected chi connectivity index (χ1v) is 9.94.